The lowest BCUT2D eigenvalue weighted by Crippen LogP contribution is -2.38. The number of fused-ring (bicyclic) bond motifs is 3. The number of nitrogens with one attached hydrogen (secondary N) is 1. The molecule has 1 aromatic heterocycles. The van der Waals surface area contributed by atoms with Crippen LogP contribution in [-0.2, 0) is 4.79 Å². The molecule has 0 radical (unpaired) electrons. The summed E-state index contributed by atoms with van der Waals surface area (Å²) in [6.45, 7) is 2.05. The Hall–Kier alpha value is -2.80. The molecule has 28 heavy (non-hydrogen) atoms. The first-order chi connectivity index (χ1) is 13.7. The van der Waals surface area contributed by atoms with E-state index in [9.17, 15) is 9.90 Å². The van der Waals surface area contributed by atoms with Crippen molar-refractivity contribution < 1.29 is 9.90 Å². The van der Waals surface area contributed by atoms with Gasteiger partial charge >= 0.3 is 0 Å². The van der Waals surface area contributed by atoms with Crippen LogP contribution in [-0.4, -0.2) is 31.4 Å². The number of hydrogen-bond donors (Lipinski definition) is 2. The van der Waals surface area contributed by atoms with Gasteiger partial charge in [-0.1, -0.05) is 55.1 Å². The van der Waals surface area contributed by atoms with Crippen molar-refractivity contribution in [3.63, 3.8) is 0 Å². The molecular weight excluding hydrogens is 372 g/mol. The van der Waals surface area contributed by atoms with Gasteiger partial charge in [-0.25, -0.2) is 4.68 Å². The predicted molar refractivity (Wildman–Crippen MR) is 110 cm³/mol. The quantitative estimate of drug-likeness (QED) is 0.653. The first kappa shape index (κ1) is 17.3. The second-order valence-electron chi connectivity index (χ2n) is 7.03. The molecule has 3 aromatic rings. The van der Waals surface area contributed by atoms with Gasteiger partial charge in [-0.15, -0.1) is 5.10 Å². The van der Waals surface area contributed by atoms with Gasteiger partial charge in [0.25, 0.3) is 0 Å². The van der Waals surface area contributed by atoms with Gasteiger partial charge in [-0.2, -0.15) is 4.98 Å². The zero-order valence-corrected chi connectivity index (χ0v) is 16.2. The Morgan fingerprint density at radius 2 is 2.14 bits per heavy atom. The van der Waals surface area contributed by atoms with Crippen LogP contribution in [0.2, 0.25) is 0 Å². The number of thioether (sulfide) groups is 1. The summed E-state index contributed by atoms with van der Waals surface area (Å²) in [6.07, 6.45) is 3.29. The number of benzene rings is 2. The first-order valence-corrected chi connectivity index (χ1v) is 10.5. The van der Waals surface area contributed by atoms with Gasteiger partial charge in [0.2, 0.25) is 11.1 Å². The topological polar surface area (TPSA) is 80.0 Å². The Bertz CT molecular complexity index is 1120. The van der Waals surface area contributed by atoms with E-state index in [1.807, 2.05) is 30.3 Å². The number of carbonyl (C=O) groups is 1. The molecule has 5 rings (SSSR count). The second-order valence-corrected chi connectivity index (χ2v) is 8.26. The number of anilines is 1. The molecule has 2 aliphatic rings. The molecule has 0 saturated carbocycles. The van der Waals surface area contributed by atoms with Gasteiger partial charge in [0, 0.05) is 17.7 Å². The van der Waals surface area contributed by atoms with E-state index in [4.69, 9.17) is 0 Å². The third kappa shape index (κ3) is 2.61. The van der Waals surface area contributed by atoms with Crippen LogP contribution in [0.5, 0.6) is 5.75 Å². The highest BCUT2D eigenvalue weighted by molar-refractivity contribution is 7.99. The Morgan fingerprint density at radius 3 is 3.00 bits per heavy atom. The Kier molecular flexibility index (Phi) is 4.12. The molecule has 0 spiro atoms. The lowest BCUT2D eigenvalue weighted by molar-refractivity contribution is -0.123. The summed E-state index contributed by atoms with van der Waals surface area (Å²) in [5.74, 6) is 1.41. The summed E-state index contributed by atoms with van der Waals surface area (Å²) in [5, 5.41) is 21.5. The highest BCUT2D eigenvalue weighted by Crippen LogP contribution is 2.46. The van der Waals surface area contributed by atoms with Crippen LogP contribution in [0.3, 0.4) is 0 Å². The van der Waals surface area contributed by atoms with Gasteiger partial charge in [0.05, 0.1) is 5.92 Å². The van der Waals surface area contributed by atoms with Gasteiger partial charge < -0.3 is 10.4 Å². The van der Waals surface area contributed by atoms with Crippen LogP contribution in [0.4, 0.5) is 5.95 Å². The van der Waals surface area contributed by atoms with E-state index in [0.29, 0.717) is 17.5 Å². The number of rotatable bonds is 3. The van der Waals surface area contributed by atoms with Crippen molar-refractivity contribution in [2.45, 2.75) is 31.0 Å². The number of carbonyl (C=O) groups excluding carboxylic acids is 1. The summed E-state index contributed by atoms with van der Waals surface area (Å²) >= 11 is 1.56. The standard InChI is InChI=1S/C21H20N4O2S/c1-2-28-21-23-20-22-14-8-5-9-15(26)18(14)19(25(20)24-21)17-13-7-4-3-6-12(13)10-11-16(17)27/h3-4,6-8,10-11,18-19,27H,2,5,9H2,1H3,(H,22,23,24)/t18-,19-/m1/s1. The van der Waals surface area contributed by atoms with Gasteiger partial charge in [-0.3, -0.25) is 4.79 Å². The van der Waals surface area contributed by atoms with E-state index < -0.39 is 12.0 Å². The molecule has 7 heteroatoms. The van der Waals surface area contributed by atoms with Crippen molar-refractivity contribution in [3.8, 4) is 5.75 Å². The van der Waals surface area contributed by atoms with E-state index in [0.717, 1.165) is 34.2 Å². The number of phenols is 1. The minimum atomic E-state index is -0.430. The molecule has 0 amide bonds. The van der Waals surface area contributed by atoms with E-state index in [1.54, 1.807) is 22.5 Å². The average Bonchev–Trinajstić information content (AvgIpc) is 3.09. The average molecular weight is 392 g/mol. The largest absolute Gasteiger partial charge is 0.508 e. The predicted octanol–water partition coefficient (Wildman–Crippen LogP) is 4.13. The summed E-state index contributed by atoms with van der Waals surface area (Å²) in [4.78, 5) is 17.6. The fourth-order valence-corrected chi connectivity index (χ4v) is 4.78. The number of Topliss-reactive ketones (excluding diaryl/α,β-unsaturated/α-hetero) is 1. The molecule has 1 aliphatic heterocycles. The molecular formula is C21H20N4O2S. The number of ketones is 1. The molecule has 0 bridgehead atoms. The zero-order chi connectivity index (χ0) is 19.3. The van der Waals surface area contributed by atoms with Gasteiger partial charge in [0.1, 0.15) is 17.6 Å². The molecule has 2 aromatic carbocycles. The molecule has 1 aliphatic carbocycles. The molecule has 2 heterocycles. The number of aromatic nitrogens is 3. The molecule has 142 valence electrons. The third-order valence-electron chi connectivity index (χ3n) is 5.40. The molecule has 2 N–H and O–H groups in total. The van der Waals surface area contributed by atoms with E-state index in [2.05, 4.69) is 28.4 Å². The monoisotopic (exact) mass is 392 g/mol. The highest BCUT2D eigenvalue weighted by Gasteiger charge is 2.43. The second kappa shape index (κ2) is 6.67. The van der Waals surface area contributed by atoms with E-state index in [1.165, 1.54) is 0 Å². The molecule has 0 fully saturated rings. The van der Waals surface area contributed by atoms with E-state index >= 15 is 0 Å². The fourth-order valence-electron chi connectivity index (χ4n) is 4.23. The smallest absolute Gasteiger partial charge is 0.227 e. The van der Waals surface area contributed by atoms with Crippen molar-refractivity contribution in [2.24, 2.45) is 5.92 Å². The SMILES string of the molecule is CCSc1nc2n(n1)[C@H](c1c(O)ccc3ccccc13)[C@H]1C(=O)CCC=C1N2. The lowest BCUT2D eigenvalue weighted by atomic mass is 9.79. The first-order valence-electron chi connectivity index (χ1n) is 9.47. The summed E-state index contributed by atoms with van der Waals surface area (Å²) < 4.78 is 1.78. The van der Waals surface area contributed by atoms with Crippen molar-refractivity contribution in [1.29, 1.82) is 0 Å². The van der Waals surface area contributed by atoms with Crippen molar-refractivity contribution >= 4 is 34.3 Å². The van der Waals surface area contributed by atoms with Crippen LogP contribution < -0.4 is 5.32 Å². The maximum atomic E-state index is 13.0. The maximum absolute atomic E-state index is 13.0. The lowest BCUT2D eigenvalue weighted by Gasteiger charge is -2.36. The number of hydrogen-bond acceptors (Lipinski definition) is 6. The van der Waals surface area contributed by atoms with Crippen LogP contribution in [0.15, 0.2) is 53.3 Å². The fraction of sp³-hybridized carbons (Fsp3) is 0.286. The third-order valence-corrected chi connectivity index (χ3v) is 6.12. The van der Waals surface area contributed by atoms with Gasteiger partial charge in [0.15, 0.2) is 0 Å². The Labute approximate surface area is 166 Å². The van der Waals surface area contributed by atoms with E-state index in [-0.39, 0.29) is 11.5 Å². The van der Waals surface area contributed by atoms with Crippen LogP contribution >= 0.6 is 11.8 Å². The molecule has 6 nitrogen and oxygen atoms in total. The van der Waals surface area contributed by atoms with Crippen molar-refractivity contribution in [3.05, 3.63) is 53.7 Å². The van der Waals surface area contributed by atoms with Crippen LogP contribution in [0, 0.1) is 5.92 Å². The normalized spacial score (nSPS) is 21.0. The number of phenolic OH excluding ortho intramolecular Hbond substituents is 1. The molecule has 2 atom stereocenters. The molecule has 0 unspecified atom stereocenters. The highest BCUT2D eigenvalue weighted by atomic mass is 32.2. The Balaban J connectivity index is 1.79. The van der Waals surface area contributed by atoms with Crippen LogP contribution in [0.1, 0.15) is 31.4 Å². The Morgan fingerprint density at radius 1 is 1.29 bits per heavy atom. The summed E-state index contributed by atoms with van der Waals surface area (Å²) in [5.41, 5.74) is 1.59. The zero-order valence-electron chi connectivity index (χ0n) is 15.4. The number of nitrogens with zero attached hydrogens (tertiary/aromatic N) is 3. The van der Waals surface area contributed by atoms with Crippen molar-refractivity contribution in [1.82, 2.24) is 14.8 Å². The van der Waals surface area contributed by atoms with Crippen LogP contribution in [0.25, 0.3) is 10.8 Å². The number of allylic oxidation sites excluding steroid dienone is 2. The minimum absolute atomic E-state index is 0.160. The summed E-state index contributed by atoms with van der Waals surface area (Å²) in [6, 6.07) is 11.1. The molecule has 0 saturated heterocycles. The van der Waals surface area contributed by atoms with Gasteiger partial charge in [-0.05, 0) is 29.0 Å². The summed E-state index contributed by atoms with van der Waals surface area (Å²) in [7, 11) is 0. The number of aromatic hydroxyl groups is 1. The van der Waals surface area contributed by atoms with Crippen molar-refractivity contribution in [2.75, 3.05) is 11.1 Å². The minimum Gasteiger partial charge on any atom is -0.508 e. The maximum Gasteiger partial charge on any atom is 0.227 e.